The first-order valence-electron chi connectivity index (χ1n) is 9.76. The molecule has 0 amide bonds. The molecule has 0 atom stereocenters. The minimum Gasteiger partial charge on any atom is -0.365 e. The molecule has 30 heavy (non-hydrogen) atoms. The van der Waals surface area contributed by atoms with E-state index < -0.39 is 0 Å². The Morgan fingerprint density at radius 3 is 2.40 bits per heavy atom. The van der Waals surface area contributed by atoms with E-state index in [4.69, 9.17) is 0 Å². The van der Waals surface area contributed by atoms with E-state index in [0.717, 1.165) is 39.1 Å². The number of nitrogens with one attached hydrogen (secondary N) is 1. The number of hydrogen-bond donors (Lipinski definition) is 1. The Bertz CT molecular complexity index is 1270. The average molecular weight is 389 g/mol. The van der Waals surface area contributed by atoms with Crippen LogP contribution >= 0.6 is 0 Å². The molecule has 5 rings (SSSR count). The van der Waals surface area contributed by atoms with Crippen LogP contribution in [0.1, 0.15) is 5.56 Å². The summed E-state index contributed by atoms with van der Waals surface area (Å²) in [7, 11) is 0. The molecule has 0 aliphatic heterocycles. The fourth-order valence-corrected chi connectivity index (χ4v) is 3.41. The van der Waals surface area contributed by atoms with Gasteiger partial charge in [0.1, 0.15) is 12.1 Å². The van der Waals surface area contributed by atoms with E-state index in [2.05, 4.69) is 61.7 Å². The molecule has 2 aromatic carbocycles. The zero-order valence-corrected chi connectivity index (χ0v) is 16.2. The van der Waals surface area contributed by atoms with Gasteiger partial charge >= 0.3 is 0 Å². The van der Waals surface area contributed by atoms with E-state index in [1.165, 1.54) is 5.56 Å². The number of pyridine rings is 2. The smallest absolute Gasteiger partial charge is 0.137 e. The van der Waals surface area contributed by atoms with Crippen molar-refractivity contribution in [3.63, 3.8) is 0 Å². The normalized spacial score (nSPS) is 10.8. The second kappa shape index (κ2) is 8.09. The molecule has 5 nitrogen and oxygen atoms in total. The Morgan fingerprint density at radius 1 is 0.700 bits per heavy atom. The van der Waals surface area contributed by atoms with Gasteiger partial charge in [0.2, 0.25) is 0 Å². The van der Waals surface area contributed by atoms with Crippen LogP contribution in [0.5, 0.6) is 0 Å². The molecular formula is C25H19N5. The number of benzene rings is 2. The molecule has 0 radical (unpaired) electrons. The first kappa shape index (κ1) is 17.9. The first-order valence-corrected chi connectivity index (χ1v) is 9.76. The lowest BCUT2D eigenvalue weighted by Crippen LogP contribution is -2.03. The summed E-state index contributed by atoms with van der Waals surface area (Å²) < 4.78 is 0. The average Bonchev–Trinajstić information content (AvgIpc) is 2.84. The molecule has 144 valence electrons. The fourth-order valence-electron chi connectivity index (χ4n) is 3.41. The number of anilines is 1. The Hall–Kier alpha value is -4.12. The maximum Gasteiger partial charge on any atom is 0.137 e. The summed E-state index contributed by atoms with van der Waals surface area (Å²) >= 11 is 0. The largest absolute Gasteiger partial charge is 0.365 e. The Labute approximate surface area is 174 Å². The predicted molar refractivity (Wildman–Crippen MR) is 120 cm³/mol. The molecule has 0 bridgehead atoms. The van der Waals surface area contributed by atoms with E-state index in [1.54, 1.807) is 12.5 Å². The van der Waals surface area contributed by atoms with Crippen molar-refractivity contribution in [2.75, 3.05) is 5.32 Å². The van der Waals surface area contributed by atoms with Crippen molar-refractivity contribution in [2.45, 2.75) is 6.54 Å². The highest BCUT2D eigenvalue weighted by atomic mass is 15.0. The van der Waals surface area contributed by atoms with Crippen LogP contribution in [0.3, 0.4) is 0 Å². The van der Waals surface area contributed by atoms with Crippen LogP contribution in [0.15, 0.2) is 97.7 Å². The van der Waals surface area contributed by atoms with Gasteiger partial charge in [-0.3, -0.25) is 9.97 Å². The molecule has 0 unspecified atom stereocenters. The zero-order valence-electron chi connectivity index (χ0n) is 16.2. The quantitative estimate of drug-likeness (QED) is 0.438. The summed E-state index contributed by atoms with van der Waals surface area (Å²) in [6, 6.07) is 24.6. The van der Waals surface area contributed by atoms with E-state index in [-0.39, 0.29) is 0 Å². The summed E-state index contributed by atoms with van der Waals surface area (Å²) in [6.45, 7) is 0.632. The highest BCUT2D eigenvalue weighted by Crippen LogP contribution is 2.26. The molecule has 0 aliphatic carbocycles. The molecular weight excluding hydrogens is 370 g/mol. The Morgan fingerprint density at radius 2 is 1.60 bits per heavy atom. The molecule has 0 spiro atoms. The van der Waals surface area contributed by atoms with Gasteiger partial charge in [-0.25, -0.2) is 9.97 Å². The topological polar surface area (TPSA) is 63.6 Å². The highest BCUT2D eigenvalue weighted by Gasteiger charge is 2.06. The van der Waals surface area contributed by atoms with Gasteiger partial charge in [0, 0.05) is 36.1 Å². The predicted octanol–water partition coefficient (Wildman–Crippen LogP) is 5.37. The SMILES string of the molecule is c1ccc(-c2ccc3c(NCc4ccc(-c5cccnc5)nc4)ncnc3c2)cc1. The summed E-state index contributed by atoms with van der Waals surface area (Å²) in [4.78, 5) is 17.6. The lowest BCUT2D eigenvalue weighted by Gasteiger charge is -2.10. The van der Waals surface area contributed by atoms with Gasteiger partial charge in [-0.05, 0) is 47.0 Å². The van der Waals surface area contributed by atoms with Crippen molar-refractivity contribution in [2.24, 2.45) is 0 Å². The minimum atomic E-state index is 0.632. The third-order valence-electron chi connectivity index (χ3n) is 4.99. The van der Waals surface area contributed by atoms with Crippen molar-refractivity contribution in [1.29, 1.82) is 0 Å². The maximum absolute atomic E-state index is 4.56. The van der Waals surface area contributed by atoms with E-state index in [9.17, 15) is 0 Å². The van der Waals surface area contributed by atoms with Gasteiger partial charge in [-0.1, -0.05) is 42.5 Å². The third-order valence-corrected chi connectivity index (χ3v) is 4.99. The molecule has 3 aromatic heterocycles. The number of nitrogens with zero attached hydrogens (tertiary/aromatic N) is 4. The molecule has 5 heteroatoms. The minimum absolute atomic E-state index is 0.632. The number of hydrogen-bond acceptors (Lipinski definition) is 5. The first-order chi connectivity index (χ1) is 14.9. The maximum atomic E-state index is 4.56. The van der Waals surface area contributed by atoms with Gasteiger partial charge in [-0.15, -0.1) is 0 Å². The van der Waals surface area contributed by atoms with Gasteiger partial charge in [0.25, 0.3) is 0 Å². The van der Waals surface area contributed by atoms with Gasteiger partial charge in [0.05, 0.1) is 11.2 Å². The molecule has 3 heterocycles. The van der Waals surface area contributed by atoms with E-state index >= 15 is 0 Å². The molecule has 0 saturated carbocycles. The lowest BCUT2D eigenvalue weighted by molar-refractivity contribution is 1.08. The van der Waals surface area contributed by atoms with E-state index in [1.807, 2.05) is 48.8 Å². The van der Waals surface area contributed by atoms with Gasteiger partial charge in [0.15, 0.2) is 0 Å². The van der Waals surface area contributed by atoms with Gasteiger partial charge in [-0.2, -0.15) is 0 Å². The van der Waals surface area contributed by atoms with Crippen molar-refractivity contribution < 1.29 is 0 Å². The lowest BCUT2D eigenvalue weighted by atomic mass is 10.0. The second-order valence-electron chi connectivity index (χ2n) is 6.97. The van der Waals surface area contributed by atoms with Crippen molar-refractivity contribution in [3.8, 4) is 22.4 Å². The molecule has 5 aromatic rings. The molecule has 1 N–H and O–H groups in total. The van der Waals surface area contributed by atoms with E-state index in [0.29, 0.717) is 6.54 Å². The van der Waals surface area contributed by atoms with Crippen LogP contribution in [-0.2, 0) is 6.54 Å². The van der Waals surface area contributed by atoms with Gasteiger partial charge < -0.3 is 5.32 Å². The summed E-state index contributed by atoms with van der Waals surface area (Å²) in [5.41, 5.74) is 6.23. The van der Waals surface area contributed by atoms with Crippen LogP contribution in [0.2, 0.25) is 0 Å². The zero-order chi connectivity index (χ0) is 20.2. The van der Waals surface area contributed by atoms with Crippen LogP contribution in [0, 0.1) is 0 Å². The van der Waals surface area contributed by atoms with Crippen LogP contribution < -0.4 is 5.32 Å². The number of fused-ring (bicyclic) bond motifs is 1. The van der Waals surface area contributed by atoms with Crippen molar-refractivity contribution >= 4 is 16.7 Å². The molecule has 0 fully saturated rings. The van der Waals surface area contributed by atoms with Crippen LogP contribution in [0.25, 0.3) is 33.3 Å². The highest BCUT2D eigenvalue weighted by molar-refractivity contribution is 5.91. The third kappa shape index (κ3) is 3.73. The monoisotopic (exact) mass is 389 g/mol. The molecule has 0 saturated heterocycles. The second-order valence-corrected chi connectivity index (χ2v) is 6.97. The van der Waals surface area contributed by atoms with Crippen molar-refractivity contribution in [1.82, 2.24) is 19.9 Å². The van der Waals surface area contributed by atoms with Crippen LogP contribution in [-0.4, -0.2) is 19.9 Å². The number of aromatic nitrogens is 4. The standard InChI is InChI=1S/C25H19N5/c1-2-5-19(6-3-1)20-9-10-22-24(13-20)29-17-30-25(22)28-15-18-8-11-23(27-14-18)21-7-4-12-26-16-21/h1-14,16-17H,15H2,(H,28,29,30). The summed E-state index contributed by atoms with van der Waals surface area (Å²) in [5, 5.41) is 4.42. The van der Waals surface area contributed by atoms with Crippen LogP contribution in [0.4, 0.5) is 5.82 Å². The fraction of sp³-hybridized carbons (Fsp3) is 0.0400. The Balaban J connectivity index is 1.35. The molecule has 0 aliphatic rings. The van der Waals surface area contributed by atoms with Crippen molar-refractivity contribution in [3.05, 3.63) is 103 Å². The Kier molecular flexibility index (Phi) is 4.84. The number of rotatable bonds is 5. The summed E-state index contributed by atoms with van der Waals surface area (Å²) in [6.07, 6.45) is 7.06. The summed E-state index contributed by atoms with van der Waals surface area (Å²) in [5.74, 6) is 0.816.